The zero-order valence-corrected chi connectivity index (χ0v) is 17.0. The molecule has 26 heavy (non-hydrogen) atoms. The number of hydrogen-bond acceptors (Lipinski definition) is 2. The Bertz CT molecular complexity index is 465. The summed E-state index contributed by atoms with van der Waals surface area (Å²) < 4.78 is 0. The number of carbonyl (C=O) groups is 1. The zero-order valence-electron chi connectivity index (χ0n) is 17.0. The molecule has 0 saturated heterocycles. The Kier molecular flexibility index (Phi) is 8.45. The molecular formula is C23H39NO2. The summed E-state index contributed by atoms with van der Waals surface area (Å²) in [5.74, 6) is 2.29. The Labute approximate surface area is 160 Å². The highest BCUT2D eigenvalue weighted by molar-refractivity contribution is 5.66. The number of hydrogen-bond donors (Lipinski definition) is 1. The molecule has 3 heteroatoms. The lowest BCUT2D eigenvalue weighted by Gasteiger charge is -2.43. The minimum Gasteiger partial charge on any atom is -0.481 e. The molecule has 2 aliphatic rings. The molecule has 0 bridgehead atoms. The fourth-order valence-electron chi connectivity index (χ4n) is 5.62. The summed E-state index contributed by atoms with van der Waals surface area (Å²) in [6.45, 7) is 4.46. The molecule has 0 aromatic heterocycles. The van der Waals surface area contributed by atoms with Gasteiger partial charge in [0.25, 0.3) is 0 Å². The van der Waals surface area contributed by atoms with E-state index in [1.807, 2.05) is 0 Å². The van der Waals surface area contributed by atoms with Gasteiger partial charge in [-0.15, -0.1) is 0 Å². The minimum absolute atomic E-state index is 0.201. The number of carboxylic acids is 1. The maximum absolute atomic E-state index is 10.7. The third-order valence-electron chi connectivity index (χ3n) is 7.64. The Morgan fingerprint density at radius 3 is 2.27 bits per heavy atom. The molecule has 1 atom stereocenters. The van der Waals surface area contributed by atoms with Crippen LogP contribution in [0, 0.1) is 40.4 Å². The van der Waals surface area contributed by atoms with E-state index in [0.717, 1.165) is 37.0 Å². The van der Waals surface area contributed by atoms with E-state index in [2.05, 4.69) is 19.9 Å². The van der Waals surface area contributed by atoms with Gasteiger partial charge in [0.15, 0.2) is 0 Å². The van der Waals surface area contributed by atoms with Gasteiger partial charge in [0, 0.05) is 6.42 Å². The van der Waals surface area contributed by atoms with Gasteiger partial charge in [0.1, 0.15) is 0 Å². The predicted molar refractivity (Wildman–Crippen MR) is 106 cm³/mol. The average molecular weight is 362 g/mol. The third-order valence-corrected chi connectivity index (χ3v) is 7.64. The second kappa shape index (κ2) is 10.3. The molecule has 0 spiro atoms. The van der Waals surface area contributed by atoms with Crippen molar-refractivity contribution in [3.05, 3.63) is 0 Å². The maximum atomic E-state index is 10.7. The molecule has 0 radical (unpaired) electrons. The highest BCUT2D eigenvalue weighted by Gasteiger charge is 2.41. The highest BCUT2D eigenvalue weighted by atomic mass is 16.4. The van der Waals surface area contributed by atoms with Gasteiger partial charge in [-0.25, -0.2) is 0 Å². The van der Waals surface area contributed by atoms with E-state index < -0.39 is 5.97 Å². The zero-order chi connectivity index (χ0) is 19.0. The second-order valence-electron chi connectivity index (χ2n) is 9.22. The number of nitrogens with zero attached hydrogens (tertiary/aromatic N) is 1. The smallest absolute Gasteiger partial charge is 0.303 e. The van der Waals surface area contributed by atoms with Crippen molar-refractivity contribution in [1.29, 1.82) is 5.26 Å². The Hall–Kier alpha value is -1.04. The van der Waals surface area contributed by atoms with Crippen molar-refractivity contribution in [2.75, 3.05) is 0 Å². The fourth-order valence-corrected chi connectivity index (χ4v) is 5.62. The summed E-state index contributed by atoms with van der Waals surface area (Å²) in [6, 6.07) is 2.66. The van der Waals surface area contributed by atoms with Crippen molar-refractivity contribution in [3.8, 4) is 6.07 Å². The standard InChI is InChI=1S/C23H39NO2/c1-3-4-7-19-9-11-20(12-10-19)21-13-15-23(17-24,16-14-21)18(2)6-5-8-22(25)26/h18-21H,3-16H2,1-2H3,(H,25,26)/t18-,19?,20?,21?,23?/m0/s1. The van der Waals surface area contributed by atoms with Crippen LogP contribution in [0.5, 0.6) is 0 Å². The SMILES string of the molecule is CCCCC1CCC(C2CCC(C#N)([C@@H](C)CCCC(=O)O)CC2)CC1. The van der Waals surface area contributed by atoms with Crippen molar-refractivity contribution in [2.24, 2.45) is 29.1 Å². The highest BCUT2D eigenvalue weighted by Crippen LogP contribution is 2.49. The van der Waals surface area contributed by atoms with Crippen LogP contribution in [-0.4, -0.2) is 11.1 Å². The first-order chi connectivity index (χ1) is 12.5. The molecule has 0 aromatic rings. The van der Waals surface area contributed by atoms with E-state index in [0.29, 0.717) is 12.3 Å². The molecular weight excluding hydrogens is 322 g/mol. The first kappa shape index (κ1) is 21.3. The molecule has 2 saturated carbocycles. The Balaban J connectivity index is 1.78. The number of unbranched alkanes of at least 4 members (excludes halogenated alkanes) is 1. The van der Waals surface area contributed by atoms with Crippen LogP contribution < -0.4 is 0 Å². The third kappa shape index (κ3) is 5.73. The van der Waals surface area contributed by atoms with Gasteiger partial charge in [0.05, 0.1) is 11.5 Å². The van der Waals surface area contributed by atoms with Gasteiger partial charge in [-0.05, 0) is 75.0 Å². The van der Waals surface area contributed by atoms with Crippen LogP contribution >= 0.6 is 0 Å². The van der Waals surface area contributed by atoms with E-state index in [4.69, 9.17) is 5.11 Å². The molecule has 2 rings (SSSR count). The topological polar surface area (TPSA) is 61.1 Å². The van der Waals surface area contributed by atoms with E-state index in [1.165, 1.54) is 57.8 Å². The second-order valence-corrected chi connectivity index (χ2v) is 9.22. The summed E-state index contributed by atoms with van der Waals surface area (Å²) in [5, 5.41) is 18.7. The van der Waals surface area contributed by atoms with Gasteiger partial charge in [0.2, 0.25) is 0 Å². The van der Waals surface area contributed by atoms with E-state index >= 15 is 0 Å². The summed E-state index contributed by atoms with van der Waals surface area (Å²) in [5.41, 5.74) is -0.201. The Morgan fingerprint density at radius 1 is 1.12 bits per heavy atom. The molecule has 1 N–H and O–H groups in total. The van der Waals surface area contributed by atoms with Crippen LogP contribution in [0.1, 0.15) is 104 Å². The lowest BCUT2D eigenvalue weighted by Crippen LogP contribution is -2.35. The molecule has 0 aliphatic heterocycles. The molecule has 0 amide bonds. The van der Waals surface area contributed by atoms with Crippen LogP contribution in [0.15, 0.2) is 0 Å². The predicted octanol–water partition coefficient (Wildman–Crippen LogP) is 6.57. The van der Waals surface area contributed by atoms with Gasteiger partial charge in [-0.2, -0.15) is 5.26 Å². The van der Waals surface area contributed by atoms with Gasteiger partial charge in [-0.1, -0.05) is 46.0 Å². The van der Waals surface area contributed by atoms with Crippen LogP contribution in [0.25, 0.3) is 0 Å². The molecule has 2 aliphatic carbocycles. The number of aliphatic carboxylic acids is 1. The lowest BCUT2D eigenvalue weighted by molar-refractivity contribution is -0.137. The lowest BCUT2D eigenvalue weighted by atomic mass is 9.60. The van der Waals surface area contributed by atoms with Crippen molar-refractivity contribution in [2.45, 2.75) is 104 Å². The van der Waals surface area contributed by atoms with Crippen molar-refractivity contribution in [1.82, 2.24) is 0 Å². The van der Waals surface area contributed by atoms with Crippen molar-refractivity contribution < 1.29 is 9.90 Å². The van der Waals surface area contributed by atoms with Crippen molar-refractivity contribution in [3.63, 3.8) is 0 Å². The summed E-state index contributed by atoms with van der Waals surface area (Å²) in [6.07, 6.45) is 16.1. The first-order valence-electron chi connectivity index (χ1n) is 11.1. The summed E-state index contributed by atoms with van der Waals surface area (Å²) in [7, 11) is 0. The Morgan fingerprint density at radius 2 is 1.73 bits per heavy atom. The molecule has 2 fully saturated rings. The number of carboxylic acid groups (broad SMARTS) is 1. The van der Waals surface area contributed by atoms with E-state index in [-0.39, 0.29) is 11.8 Å². The largest absolute Gasteiger partial charge is 0.481 e. The summed E-state index contributed by atoms with van der Waals surface area (Å²) in [4.78, 5) is 10.7. The normalized spacial score (nSPS) is 33.3. The number of nitriles is 1. The molecule has 0 aromatic carbocycles. The monoisotopic (exact) mass is 361 g/mol. The van der Waals surface area contributed by atoms with E-state index in [1.54, 1.807) is 0 Å². The van der Waals surface area contributed by atoms with Crippen LogP contribution in [-0.2, 0) is 4.79 Å². The quantitative estimate of drug-likeness (QED) is 0.505. The van der Waals surface area contributed by atoms with Crippen molar-refractivity contribution >= 4 is 5.97 Å². The van der Waals surface area contributed by atoms with Gasteiger partial charge < -0.3 is 5.11 Å². The first-order valence-corrected chi connectivity index (χ1v) is 11.1. The maximum Gasteiger partial charge on any atom is 0.303 e. The molecule has 0 unspecified atom stereocenters. The van der Waals surface area contributed by atoms with Gasteiger partial charge >= 0.3 is 5.97 Å². The minimum atomic E-state index is -0.721. The van der Waals surface area contributed by atoms with Gasteiger partial charge in [-0.3, -0.25) is 4.79 Å². The molecule has 3 nitrogen and oxygen atoms in total. The fraction of sp³-hybridized carbons (Fsp3) is 0.913. The molecule has 0 heterocycles. The van der Waals surface area contributed by atoms with E-state index in [9.17, 15) is 10.1 Å². The van der Waals surface area contributed by atoms with Crippen LogP contribution in [0.3, 0.4) is 0 Å². The summed E-state index contributed by atoms with van der Waals surface area (Å²) >= 11 is 0. The molecule has 148 valence electrons. The van der Waals surface area contributed by atoms with Crippen LogP contribution in [0.4, 0.5) is 0 Å². The number of rotatable bonds is 9. The van der Waals surface area contributed by atoms with Crippen LogP contribution in [0.2, 0.25) is 0 Å². The average Bonchev–Trinajstić information content (AvgIpc) is 2.66.